The molecule has 2 aromatic rings. The molecule has 0 bridgehead atoms. The highest BCUT2D eigenvalue weighted by Gasteiger charge is 2.33. The van der Waals surface area contributed by atoms with Crippen molar-refractivity contribution >= 4 is 11.8 Å². The van der Waals surface area contributed by atoms with Gasteiger partial charge in [-0.25, -0.2) is 0 Å². The number of aryl methyl sites for hydroxylation is 2. The summed E-state index contributed by atoms with van der Waals surface area (Å²) >= 11 is 0. The van der Waals surface area contributed by atoms with Crippen molar-refractivity contribution in [3.63, 3.8) is 0 Å². The standard InChI is InChI=1S/C19H23N3O3/c1-13-11-16(14(2)25-13)19(24)22-10-6-4-8-17(22)18(23)21-12-15-7-3-5-9-20-15/h3,5,7,9,11,17H,4,6,8,10,12H2,1-2H3,(H,21,23)/t17-/m1/s1. The molecule has 3 heterocycles. The van der Waals surface area contributed by atoms with Crippen LogP contribution in [0.1, 0.15) is 46.8 Å². The van der Waals surface area contributed by atoms with Gasteiger partial charge in [0.05, 0.1) is 17.8 Å². The van der Waals surface area contributed by atoms with Crippen molar-refractivity contribution in [3.8, 4) is 0 Å². The molecule has 6 nitrogen and oxygen atoms in total. The molecule has 0 radical (unpaired) electrons. The van der Waals surface area contributed by atoms with Crippen LogP contribution in [0.4, 0.5) is 0 Å². The average Bonchev–Trinajstić information content (AvgIpc) is 2.98. The van der Waals surface area contributed by atoms with Crippen LogP contribution in [-0.4, -0.2) is 34.3 Å². The summed E-state index contributed by atoms with van der Waals surface area (Å²) in [6, 6.07) is 6.88. The van der Waals surface area contributed by atoms with E-state index in [1.165, 1.54) is 0 Å². The molecule has 1 atom stereocenters. The fraction of sp³-hybridized carbons (Fsp3) is 0.421. The number of hydrogen-bond acceptors (Lipinski definition) is 4. The lowest BCUT2D eigenvalue weighted by Gasteiger charge is -2.34. The Morgan fingerprint density at radius 3 is 2.84 bits per heavy atom. The maximum absolute atomic E-state index is 12.9. The van der Waals surface area contributed by atoms with Gasteiger partial charge >= 0.3 is 0 Å². The van der Waals surface area contributed by atoms with Crippen LogP contribution >= 0.6 is 0 Å². The summed E-state index contributed by atoms with van der Waals surface area (Å²) < 4.78 is 5.47. The Labute approximate surface area is 147 Å². The topological polar surface area (TPSA) is 75.4 Å². The Kier molecular flexibility index (Phi) is 5.16. The summed E-state index contributed by atoms with van der Waals surface area (Å²) in [7, 11) is 0. The lowest BCUT2D eigenvalue weighted by atomic mass is 10.00. The summed E-state index contributed by atoms with van der Waals surface area (Å²) in [6.07, 6.45) is 4.22. The fourth-order valence-corrected chi connectivity index (χ4v) is 3.24. The molecule has 0 saturated carbocycles. The summed E-state index contributed by atoms with van der Waals surface area (Å²) in [4.78, 5) is 31.4. The summed E-state index contributed by atoms with van der Waals surface area (Å²) in [5, 5.41) is 2.91. The number of furan rings is 1. The number of piperidine rings is 1. The van der Waals surface area contributed by atoms with E-state index in [0.29, 0.717) is 36.6 Å². The molecule has 1 fully saturated rings. The smallest absolute Gasteiger partial charge is 0.258 e. The van der Waals surface area contributed by atoms with E-state index in [0.717, 1.165) is 18.5 Å². The summed E-state index contributed by atoms with van der Waals surface area (Å²) in [5.41, 5.74) is 1.34. The molecular weight excluding hydrogens is 318 g/mol. The van der Waals surface area contributed by atoms with Gasteiger partial charge < -0.3 is 14.6 Å². The Morgan fingerprint density at radius 1 is 1.32 bits per heavy atom. The van der Waals surface area contributed by atoms with E-state index in [1.807, 2.05) is 25.1 Å². The van der Waals surface area contributed by atoms with Gasteiger partial charge in [-0.05, 0) is 51.3 Å². The van der Waals surface area contributed by atoms with E-state index in [4.69, 9.17) is 4.42 Å². The third-order valence-electron chi connectivity index (χ3n) is 4.51. The lowest BCUT2D eigenvalue weighted by Crippen LogP contribution is -2.51. The maximum Gasteiger partial charge on any atom is 0.258 e. The van der Waals surface area contributed by atoms with Crippen LogP contribution in [-0.2, 0) is 11.3 Å². The highest BCUT2D eigenvalue weighted by Crippen LogP contribution is 2.23. The van der Waals surface area contributed by atoms with Crippen molar-refractivity contribution in [1.82, 2.24) is 15.2 Å². The minimum absolute atomic E-state index is 0.128. The van der Waals surface area contributed by atoms with Gasteiger partial charge in [0.15, 0.2) is 0 Å². The molecule has 1 aliphatic heterocycles. The summed E-state index contributed by atoms with van der Waals surface area (Å²) in [5.74, 6) is 1.04. The van der Waals surface area contributed by atoms with E-state index in [9.17, 15) is 9.59 Å². The zero-order valence-corrected chi connectivity index (χ0v) is 14.6. The second-order valence-electron chi connectivity index (χ2n) is 6.38. The quantitative estimate of drug-likeness (QED) is 0.927. The second kappa shape index (κ2) is 7.51. The minimum Gasteiger partial charge on any atom is -0.466 e. The molecule has 0 unspecified atom stereocenters. The molecule has 25 heavy (non-hydrogen) atoms. The third-order valence-corrected chi connectivity index (χ3v) is 4.51. The van der Waals surface area contributed by atoms with Crippen molar-refractivity contribution in [1.29, 1.82) is 0 Å². The number of rotatable bonds is 4. The van der Waals surface area contributed by atoms with Crippen LogP contribution in [0.25, 0.3) is 0 Å². The van der Waals surface area contributed by atoms with Crippen LogP contribution in [0.2, 0.25) is 0 Å². The lowest BCUT2D eigenvalue weighted by molar-refractivity contribution is -0.126. The highest BCUT2D eigenvalue weighted by atomic mass is 16.3. The molecular formula is C19H23N3O3. The van der Waals surface area contributed by atoms with Crippen LogP contribution in [0.5, 0.6) is 0 Å². The van der Waals surface area contributed by atoms with Gasteiger partial charge in [0.25, 0.3) is 5.91 Å². The van der Waals surface area contributed by atoms with E-state index in [1.54, 1.807) is 24.1 Å². The number of amides is 2. The largest absolute Gasteiger partial charge is 0.466 e. The first kappa shape index (κ1) is 17.2. The number of carbonyl (C=O) groups excluding carboxylic acids is 2. The molecule has 132 valence electrons. The molecule has 1 saturated heterocycles. The second-order valence-corrected chi connectivity index (χ2v) is 6.38. The Balaban J connectivity index is 1.70. The molecule has 2 aromatic heterocycles. The van der Waals surface area contributed by atoms with Crippen LogP contribution in [0.15, 0.2) is 34.9 Å². The minimum atomic E-state index is -0.445. The van der Waals surface area contributed by atoms with Crippen molar-refractivity contribution in [2.75, 3.05) is 6.54 Å². The number of pyridine rings is 1. The van der Waals surface area contributed by atoms with Crippen LogP contribution in [0, 0.1) is 13.8 Å². The van der Waals surface area contributed by atoms with E-state index in [-0.39, 0.29) is 11.8 Å². The van der Waals surface area contributed by atoms with Crippen molar-refractivity contribution < 1.29 is 14.0 Å². The first-order valence-electron chi connectivity index (χ1n) is 8.62. The molecule has 1 N–H and O–H groups in total. The zero-order chi connectivity index (χ0) is 17.8. The molecule has 2 amide bonds. The van der Waals surface area contributed by atoms with E-state index >= 15 is 0 Å². The van der Waals surface area contributed by atoms with Gasteiger partial charge in [-0.15, -0.1) is 0 Å². The van der Waals surface area contributed by atoms with Crippen LogP contribution < -0.4 is 5.32 Å². The number of likely N-dealkylation sites (tertiary alicyclic amines) is 1. The van der Waals surface area contributed by atoms with Crippen molar-refractivity contribution in [3.05, 3.63) is 53.2 Å². The number of carbonyl (C=O) groups is 2. The Hall–Kier alpha value is -2.63. The molecule has 6 heteroatoms. The van der Waals surface area contributed by atoms with Gasteiger partial charge in [-0.2, -0.15) is 0 Å². The van der Waals surface area contributed by atoms with Gasteiger partial charge in [0, 0.05) is 12.7 Å². The summed E-state index contributed by atoms with van der Waals surface area (Å²) in [6.45, 7) is 4.55. The number of aromatic nitrogens is 1. The van der Waals surface area contributed by atoms with E-state index in [2.05, 4.69) is 10.3 Å². The molecule has 0 aliphatic carbocycles. The van der Waals surface area contributed by atoms with Crippen molar-refractivity contribution in [2.45, 2.75) is 45.7 Å². The van der Waals surface area contributed by atoms with Crippen LogP contribution in [0.3, 0.4) is 0 Å². The number of hydrogen-bond donors (Lipinski definition) is 1. The predicted octanol–water partition coefficient (Wildman–Crippen LogP) is 2.60. The highest BCUT2D eigenvalue weighted by molar-refractivity contribution is 5.98. The van der Waals surface area contributed by atoms with Gasteiger partial charge in [-0.1, -0.05) is 6.07 Å². The third kappa shape index (κ3) is 3.90. The monoisotopic (exact) mass is 341 g/mol. The number of nitrogens with one attached hydrogen (secondary N) is 1. The molecule has 1 aliphatic rings. The van der Waals surface area contributed by atoms with Gasteiger partial charge in [0.1, 0.15) is 17.6 Å². The Bertz CT molecular complexity index is 755. The Morgan fingerprint density at radius 2 is 2.16 bits per heavy atom. The molecule has 3 rings (SSSR count). The number of nitrogens with zero attached hydrogens (tertiary/aromatic N) is 2. The first-order valence-corrected chi connectivity index (χ1v) is 8.62. The predicted molar refractivity (Wildman–Crippen MR) is 92.9 cm³/mol. The first-order chi connectivity index (χ1) is 12.1. The van der Waals surface area contributed by atoms with Crippen molar-refractivity contribution in [2.24, 2.45) is 0 Å². The SMILES string of the molecule is Cc1cc(C(=O)N2CCCC[C@@H]2C(=O)NCc2ccccn2)c(C)o1. The zero-order valence-electron chi connectivity index (χ0n) is 14.6. The van der Waals surface area contributed by atoms with E-state index < -0.39 is 6.04 Å². The normalized spacial score (nSPS) is 17.4. The molecule has 0 spiro atoms. The average molecular weight is 341 g/mol. The van der Waals surface area contributed by atoms with Gasteiger partial charge in [0.2, 0.25) is 5.91 Å². The maximum atomic E-state index is 12.9. The van der Waals surface area contributed by atoms with Gasteiger partial charge in [-0.3, -0.25) is 14.6 Å². The fourth-order valence-electron chi connectivity index (χ4n) is 3.24. The molecule has 0 aromatic carbocycles.